The van der Waals surface area contributed by atoms with Crippen LogP contribution in [0.3, 0.4) is 0 Å². The molecule has 0 spiro atoms. The fourth-order valence-electron chi connectivity index (χ4n) is 3.47. The van der Waals surface area contributed by atoms with Crippen molar-refractivity contribution in [3.63, 3.8) is 0 Å². The fourth-order valence-corrected chi connectivity index (χ4v) is 3.47. The van der Waals surface area contributed by atoms with E-state index >= 15 is 0 Å². The normalized spacial score (nSPS) is 25.1. The monoisotopic (exact) mass is 323 g/mol. The quantitative estimate of drug-likeness (QED) is 0.930. The minimum absolute atomic E-state index is 0.0617. The Hall–Kier alpha value is -1.72. The Morgan fingerprint density at radius 1 is 1.26 bits per heavy atom. The molecule has 0 aromatic carbocycles. The average molecular weight is 323 g/mol. The summed E-state index contributed by atoms with van der Waals surface area (Å²) < 4.78 is 26.4. The van der Waals surface area contributed by atoms with Crippen molar-refractivity contribution in [2.45, 2.75) is 50.5 Å². The second kappa shape index (κ2) is 6.81. The first-order valence-corrected chi connectivity index (χ1v) is 8.38. The van der Waals surface area contributed by atoms with E-state index in [0.717, 1.165) is 31.7 Å². The number of aromatic nitrogens is 1. The van der Waals surface area contributed by atoms with Crippen LogP contribution < -0.4 is 10.2 Å². The molecule has 1 aliphatic heterocycles. The van der Waals surface area contributed by atoms with Crippen LogP contribution in [0.5, 0.6) is 0 Å². The topological polar surface area (TPSA) is 45.2 Å². The van der Waals surface area contributed by atoms with Gasteiger partial charge in [-0.1, -0.05) is 6.07 Å². The molecule has 2 heterocycles. The van der Waals surface area contributed by atoms with Gasteiger partial charge >= 0.3 is 0 Å². The number of rotatable bonds is 3. The molecule has 1 saturated carbocycles. The molecule has 23 heavy (non-hydrogen) atoms. The highest BCUT2D eigenvalue weighted by Gasteiger charge is 2.38. The van der Waals surface area contributed by atoms with Crippen LogP contribution in [0.4, 0.5) is 14.6 Å². The molecule has 3 rings (SSSR count). The Balaban J connectivity index is 1.53. The van der Waals surface area contributed by atoms with Gasteiger partial charge in [0.15, 0.2) is 0 Å². The maximum Gasteiger partial charge on any atom is 0.248 e. The van der Waals surface area contributed by atoms with Crippen molar-refractivity contribution < 1.29 is 13.6 Å². The molecular weight excluding hydrogens is 300 g/mol. The number of carbonyl (C=O) groups is 1. The molecule has 0 radical (unpaired) electrons. The number of nitrogens with one attached hydrogen (secondary N) is 1. The molecule has 1 aromatic rings. The van der Waals surface area contributed by atoms with Gasteiger partial charge in [-0.2, -0.15) is 0 Å². The summed E-state index contributed by atoms with van der Waals surface area (Å²) in [5.41, 5.74) is 0. The summed E-state index contributed by atoms with van der Waals surface area (Å²) in [7, 11) is 0. The van der Waals surface area contributed by atoms with E-state index in [4.69, 9.17) is 0 Å². The molecular formula is C17H23F2N3O. The molecule has 1 amide bonds. The number of amides is 1. The Kier molecular flexibility index (Phi) is 4.78. The molecule has 6 heteroatoms. The van der Waals surface area contributed by atoms with Gasteiger partial charge in [0.2, 0.25) is 11.8 Å². The van der Waals surface area contributed by atoms with E-state index in [-0.39, 0.29) is 43.6 Å². The average Bonchev–Trinajstić information content (AvgIpc) is 2.56. The molecule has 1 aromatic heterocycles. The van der Waals surface area contributed by atoms with Gasteiger partial charge in [-0.15, -0.1) is 0 Å². The van der Waals surface area contributed by atoms with Crippen molar-refractivity contribution in [2.24, 2.45) is 5.92 Å². The molecule has 1 atom stereocenters. The van der Waals surface area contributed by atoms with Crippen molar-refractivity contribution >= 4 is 11.7 Å². The summed E-state index contributed by atoms with van der Waals surface area (Å²) in [4.78, 5) is 18.9. The van der Waals surface area contributed by atoms with E-state index in [1.807, 2.05) is 18.2 Å². The number of carbonyl (C=O) groups excluding carboxylic acids is 1. The maximum atomic E-state index is 13.2. The van der Waals surface area contributed by atoms with Gasteiger partial charge in [-0.25, -0.2) is 13.8 Å². The summed E-state index contributed by atoms with van der Waals surface area (Å²) >= 11 is 0. The van der Waals surface area contributed by atoms with Crippen molar-refractivity contribution in [2.75, 3.05) is 18.0 Å². The van der Waals surface area contributed by atoms with Gasteiger partial charge in [0.05, 0.1) is 0 Å². The third kappa shape index (κ3) is 4.18. The number of hydrogen-bond acceptors (Lipinski definition) is 3. The standard InChI is InChI=1S/C17H23F2N3O/c18-17(19)8-6-13(7-9-17)16(23)21-14-4-3-11-22(12-14)15-5-1-2-10-20-15/h1-2,5,10,13-14H,3-4,6-9,11-12H2,(H,21,23). The summed E-state index contributed by atoms with van der Waals surface area (Å²) in [6.07, 6.45) is 3.92. The van der Waals surface area contributed by atoms with Gasteiger partial charge in [0.1, 0.15) is 5.82 Å². The van der Waals surface area contributed by atoms with Crippen molar-refractivity contribution in [3.05, 3.63) is 24.4 Å². The molecule has 126 valence electrons. The first-order valence-electron chi connectivity index (χ1n) is 8.38. The smallest absolute Gasteiger partial charge is 0.248 e. The maximum absolute atomic E-state index is 13.2. The zero-order valence-corrected chi connectivity index (χ0v) is 13.2. The number of piperidine rings is 1. The Morgan fingerprint density at radius 3 is 2.74 bits per heavy atom. The lowest BCUT2D eigenvalue weighted by atomic mass is 9.86. The molecule has 1 N–H and O–H groups in total. The molecule has 1 aliphatic carbocycles. The van der Waals surface area contributed by atoms with Crippen LogP contribution in [-0.2, 0) is 4.79 Å². The third-order valence-electron chi connectivity index (χ3n) is 4.83. The van der Waals surface area contributed by atoms with Crippen LogP contribution in [0.25, 0.3) is 0 Å². The van der Waals surface area contributed by atoms with Crippen LogP contribution in [0, 0.1) is 5.92 Å². The largest absolute Gasteiger partial charge is 0.355 e. The van der Waals surface area contributed by atoms with Gasteiger partial charge in [-0.05, 0) is 37.8 Å². The zero-order chi connectivity index (χ0) is 16.3. The predicted molar refractivity (Wildman–Crippen MR) is 84.5 cm³/mol. The Morgan fingerprint density at radius 2 is 2.04 bits per heavy atom. The lowest BCUT2D eigenvalue weighted by Crippen LogP contribution is -2.50. The van der Waals surface area contributed by atoms with E-state index in [2.05, 4.69) is 15.2 Å². The van der Waals surface area contributed by atoms with E-state index in [1.165, 1.54) is 0 Å². The molecule has 1 unspecified atom stereocenters. The van der Waals surface area contributed by atoms with Crippen molar-refractivity contribution in [3.8, 4) is 0 Å². The number of pyridine rings is 1. The highest BCUT2D eigenvalue weighted by Crippen LogP contribution is 2.36. The van der Waals surface area contributed by atoms with Gasteiger partial charge in [0.25, 0.3) is 0 Å². The third-order valence-corrected chi connectivity index (χ3v) is 4.83. The zero-order valence-electron chi connectivity index (χ0n) is 13.2. The highest BCUT2D eigenvalue weighted by atomic mass is 19.3. The number of halogens is 2. The number of hydrogen-bond donors (Lipinski definition) is 1. The number of alkyl halides is 2. The second-order valence-corrected chi connectivity index (χ2v) is 6.61. The molecule has 2 fully saturated rings. The van der Waals surface area contributed by atoms with Gasteiger partial charge < -0.3 is 10.2 Å². The summed E-state index contributed by atoms with van der Waals surface area (Å²) in [6.45, 7) is 1.66. The van der Waals surface area contributed by atoms with E-state index < -0.39 is 5.92 Å². The number of nitrogens with zero attached hydrogens (tertiary/aromatic N) is 2. The lowest BCUT2D eigenvalue weighted by Gasteiger charge is -2.35. The van der Waals surface area contributed by atoms with Crippen LogP contribution in [-0.4, -0.2) is 35.9 Å². The van der Waals surface area contributed by atoms with Gasteiger partial charge in [-0.3, -0.25) is 4.79 Å². The molecule has 2 aliphatic rings. The number of anilines is 1. The Bertz CT molecular complexity index is 528. The first kappa shape index (κ1) is 16.1. The van der Waals surface area contributed by atoms with Crippen LogP contribution in [0.15, 0.2) is 24.4 Å². The minimum Gasteiger partial charge on any atom is -0.355 e. The summed E-state index contributed by atoms with van der Waals surface area (Å²) in [5, 5.41) is 3.06. The molecule has 4 nitrogen and oxygen atoms in total. The van der Waals surface area contributed by atoms with Crippen LogP contribution >= 0.6 is 0 Å². The predicted octanol–water partition coefficient (Wildman–Crippen LogP) is 2.99. The van der Waals surface area contributed by atoms with Gasteiger partial charge in [0, 0.05) is 44.1 Å². The molecule has 1 saturated heterocycles. The fraction of sp³-hybridized carbons (Fsp3) is 0.647. The van der Waals surface area contributed by atoms with Crippen molar-refractivity contribution in [1.82, 2.24) is 10.3 Å². The lowest BCUT2D eigenvalue weighted by molar-refractivity contribution is -0.129. The molecule has 0 bridgehead atoms. The van der Waals surface area contributed by atoms with E-state index in [0.29, 0.717) is 0 Å². The van der Waals surface area contributed by atoms with Crippen LogP contribution in [0.2, 0.25) is 0 Å². The second-order valence-electron chi connectivity index (χ2n) is 6.61. The van der Waals surface area contributed by atoms with Crippen LogP contribution in [0.1, 0.15) is 38.5 Å². The summed E-state index contributed by atoms with van der Waals surface area (Å²) in [5.74, 6) is -1.99. The van der Waals surface area contributed by atoms with Crippen molar-refractivity contribution in [1.29, 1.82) is 0 Å². The van der Waals surface area contributed by atoms with E-state index in [9.17, 15) is 13.6 Å². The minimum atomic E-state index is -2.59. The first-order chi connectivity index (χ1) is 11.0. The summed E-state index contributed by atoms with van der Waals surface area (Å²) in [6, 6.07) is 5.87. The Labute approximate surface area is 135 Å². The SMILES string of the molecule is O=C(NC1CCCN(c2ccccn2)C1)C1CCC(F)(F)CC1. The highest BCUT2D eigenvalue weighted by molar-refractivity contribution is 5.79. The van der Waals surface area contributed by atoms with E-state index in [1.54, 1.807) is 6.20 Å².